The molecule has 0 fully saturated rings. The van der Waals surface area contributed by atoms with Gasteiger partial charge in [0.2, 0.25) is 11.6 Å². The van der Waals surface area contributed by atoms with Crippen LogP contribution in [0, 0.1) is 0 Å². The first-order chi connectivity index (χ1) is 7.13. The Morgan fingerprint density at radius 1 is 1.13 bits per heavy atom. The zero-order chi connectivity index (χ0) is 11.3. The standard InChI is InChI=1S/C11H11ClO3/c12-9-3-1-8(2-4-9)7-11(15)10(14)5-6-13/h1-4,13H,5-7H2. The molecule has 0 bridgehead atoms. The molecule has 1 rings (SSSR count). The van der Waals surface area contributed by atoms with Crippen molar-refractivity contribution in [2.45, 2.75) is 12.8 Å². The van der Waals surface area contributed by atoms with Crippen LogP contribution in [0.3, 0.4) is 0 Å². The summed E-state index contributed by atoms with van der Waals surface area (Å²) < 4.78 is 0. The van der Waals surface area contributed by atoms with Crippen molar-refractivity contribution in [1.82, 2.24) is 0 Å². The molecule has 80 valence electrons. The second kappa shape index (κ2) is 5.63. The van der Waals surface area contributed by atoms with Gasteiger partial charge in [0.05, 0.1) is 6.61 Å². The van der Waals surface area contributed by atoms with Gasteiger partial charge in [-0.15, -0.1) is 0 Å². The lowest BCUT2D eigenvalue weighted by molar-refractivity contribution is -0.136. The van der Waals surface area contributed by atoms with Crippen molar-refractivity contribution in [2.24, 2.45) is 0 Å². The Morgan fingerprint density at radius 2 is 1.73 bits per heavy atom. The molecule has 0 aliphatic rings. The van der Waals surface area contributed by atoms with E-state index in [-0.39, 0.29) is 19.4 Å². The average Bonchev–Trinajstić information content (AvgIpc) is 2.22. The minimum atomic E-state index is -0.535. The van der Waals surface area contributed by atoms with Crippen LogP contribution >= 0.6 is 11.6 Å². The van der Waals surface area contributed by atoms with Crippen molar-refractivity contribution >= 4 is 23.2 Å². The Hall–Kier alpha value is -1.19. The Bertz CT molecular complexity index is 357. The van der Waals surface area contributed by atoms with Gasteiger partial charge in [0, 0.05) is 17.9 Å². The van der Waals surface area contributed by atoms with Crippen molar-refractivity contribution in [3.63, 3.8) is 0 Å². The largest absolute Gasteiger partial charge is 0.396 e. The lowest BCUT2D eigenvalue weighted by Gasteiger charge is -1.99. The number of aliphatic hydroxyl groups is 1. The molecule has 0 atom stereocenters. The van der Waals surface area contributed by atoms with E-state index < -0.39 is 11.6 Å². The van der Waals surface area contributed by atoms with Crippen molar-refractivity contribution < 1.29 is 14.7 Å². The van der Waals surface area contributed by atoms with Gasteiger partial charge in [0.15, 0.2) is 0 Å². The molecule has 0 radical (unpaired) electrons. The molecule has 0 saturated heterocycles. The lowest BCUT2D eigenvalue weighted by atomic mass is 10.1. The number of hydrogen-bond donors (Lipinski definition) is 1. The fourth-order valence-electron chi connectivity index (χ4n) is 1.13. The van der Waals surface area contributed by atoms with E-state index in [0.29, 0.717) is 5.02 Å². The third-order valence-electron chi connectivity index (χ3n) is 1.93. The number of aliphatic hydroxyl groups excluding tert-OH is 1. The van der Waals surface area contributed by atoms with E-state index in [0.717, 1.165) is 5.56 Å². The molecule has 4 heteroatoms. The number of halogens is 1. The van der Waals surface area contributed by atoms with E-state index >= 15 is 0 Å². The second-order valence-corrected chi connectivity index (χ2v) is 3.56. The quantitative estimate of drug-likeness (QED) is 0.773. The molecule has 0 saturated carbocycles. The van der Waals surface area contributed by atoms with Crippen molar-refractivity contribution in [1.29, 1.82) is 0 Å². The van der Waals surface area contributed by atoms with Gasteiger partial charge in [-0.25, -0.2) is 0 Å². The number of ketones is 2. The number of benzene rings is 1. The minimum Gasteiger partial charge on any atom is -0.396 e. The van der Waals surface area contributed by atoms with Crippen LogP contribution in [-0.4, -0.2) is 23.3 Å². The molecule has 0 spiro atoms. The summed E-state index contributed by atoms with van der Waals surface area (Å²) >= 11 is 5.68. The van der Waals surface area contributed by atoms with Crippen LogP contribution in [0.1, 0.15) is 12.0 Å². The van der Waals surface area contributed by atoms with E-state index in [9.17, 15) is 9.59 Å². The SMILES string of the molecule is O=C(CCO)C(=O)Cc1ccc(Cl)cc1. The molecule has 0 aromatic heterocycles. The molecule has 1 aromatic carbocycles. The highest BCUT2D eigenvalue weighted by atomic mass is 35.5. The van der Waals surface area contributed by atoms with Crippen LogP contribution in [0.5, 0.6) is 0 Å². The summed E-state index contributed by atoms with van der Waals surface area (Å²) in [4.78, 5) is 22.4. The number of carbonyl (C=O) groups excluding carboxylic acids is 2. The number of carbonyl (C=O) groups is 2. The maximum absolute atomic E-state index is 11.3. The van der Waals surface area contributed by atoms with E-state index in [4.69, 9.17) is 16.7 Å². The van der Waals surface area contributed by atoms with Crippen LogP contribution in [-0.2, 0) is 16.0 Å². The first-order valence-electron chi connectivity index (χ1n) is 4.55. The zero-order valence-corrected chi connectivity index (χ0v) is 8.83. The Morgan fingerprint density at radius 3 is 2.27 bits per heavy atom. The molecule has 15 heavy (non-hydrogen) atoms. The average molecular weight is 227 g/mol. The molecule has 0 heterocycles. The van der Waals surface area contributed by atoms with Gasteiger partial charge in [-0.2, -0.15) is 0 Å². The Kier molecular flexibility index (Phi) is 4.46. The van der Waals surface area contributed by atoms with E-state index in [2.05, 4.69) is 0 Å². The maximum Gasteiger partial charge on any atom is 0.202 e. The number of rotatable bonds is 5. The molecule has 3 nitrogen and oxygen atoms in total. The van der Waals surface area contributed by atoms with E-state index in [1.807, 2.05) is 0 Å². The summed E-state index contributed by atoms with van der Waals surface area (Å²) in [7, 11) is 0. The van der Waals surface area contributed by atoms with Crippen LogP contribution in [0.4, 0.5) is 0 Å². The van der Waals surface area contributed by atoms with Gasteiger partial charge < -0.3 is 5.11 Å². The van der Waals surface area contributed by atoms with E-state index in [1.54, 1.807) is 24.3 Å². The van der Waals surface area contributed by atoms with Crippen LogP contribution in [0.25, 0.3) is 0 Å². The van der Waals surface area contributed by atoms with Crippen LogP contribution in [0.15, 0.2) is 24.3 Å². The first kappa shape index (κ1) is 11.9. The van der Waals surface area contributed by atoms with Crippen molar-refractivity contribution in [3.8, 4) is 0 Å². The fourth-order valence-corrected chi connectivity index (χ4v) is 1.25. The predicted molar refractivity (Wildman–Crippen MR) is 56.9 cm³/mol. The van der Waals surface area contributed by atoms with Gasteiger partial charge in [0.25, 0.3) is 0 Å². The topological polar surface area (TPSA) is 54.4 Å². The summed E-state index contributed by atoms with van der Waals surface area (Å²) in [6.45, 7) is -0.287. The highest BCUT2D eigenvalue weighted by molar-refractivity contribution is 6.37. The highest BCUT2D eigenvalue weighted by Gasteiger charge is 2.13. The smallest absolute Gasteiger partial charge is 0.202 e. The maximum atomic E-state index is 11.3. The summed E-state index contributed by atoms with van der Waals surface area (Å²) in [6.07, 6.45) is -0.0393. The third-order valence-corrected chi connectivity index (χ3v) is 2.18. The highest BCUT2D eigenvalue weighted by Crippen LogP contribution is 2.10. The molecular weight excluding hydrogens is 216 g/mol. The molecule has 1 N–H and O–H groups in total. The van der Waals surface area contributed by atoms with Gasteiger partial charge >= 0.3 is 0 Å². The molecule has 1 aromatic rings. The van der Waals surface area contributed by atoms with Crippen molar-refractivity contribution in [2.75, 3.05) is 6.61 Å². The fraction of sp³-hybridized carbons (Fsp3) is 0.273. The normalized spacial score (nSPS) is 10.0. The summed E-state index contributed by atoms with van der Waals surface area (Å²) in [5, 5.41) is 9.09. The Labute approximate surface area is 92.7 Å². The Balaban J connectivity index is 2.58. The molecule has 0 aliphatic carbocycles. The molecule has 0 aliphatic heterocycles. The summed E-state index contributed by atoms with van der Waals surface area (Å²) in [5.41, 5.74) is 0.746. The van der Waals surface area contributed by atoms with E-state index in [1.165, 1.54) is 0 Å². The molecular formula is C11H11ClO3. The molecule has 0 unspecified atom stereocenters. The van der Waals surface area contributed by atoms with Gasteiger partial charge in [-0.05, 0) is 17.7 Å². The zero-order valence-electron chi connectivity index (χ0n) is 8.07. The molecule has 0 amide bonds. The van der Waals surface area contributed by atoms with Gasteiger partial charge in [-0.3, -0.25) is 9.59 Å². The van der Waals surface area contributed by atoms with Crippen LogP contribution < -0.4 is 0 Å². The number of hydrogen-bond acceptors (Lipinski definition) is 3. The lowest BCUT2D eigenvalue weighted by Crippen LogP contribution is -2.17. The first-order valence-corrected chi connectivity index (χ1v) is 4.92. The third kappa shape index (κ3) is 3.81. The summed E-state index contributed by atoms with van der Waals surface area (Å²) in [6, 6.07) is 6.74. The van der Waals surface area contributed by atoms with Crippen molar-refractivity contribution in [3.05, 3.63) is 34.9 Å². The van der Waals surface area contributed by atoms with Gasteiger partial charge in [-0.1, -0.05) is 23.7 Å². The second-order valence-electron chi connectivity index (χ2n) is 3.12. The predicted octanol–water partition coefficient (Wildman–Crippen LogP) is 1.40. The van der Waals surface area contributed by atoms with Gasteiger partial charge in [0.1, 0.15) is 0 Å². The number of Topliss-reactive ketones (excluding diaryl/α,β-unsaturated/α-hetero) is 2. The summed E-state index contributed by atoms with van der Waals surface area (Å²) in [5.74, 6) is -1.01. The van der Waals surface area contributed by atoms with Crippen LogP contribution in [0.2, 0.25) is 5.02 Å². The monoisotopic (exact) mass is 226 g/mol. The minimum absolute atomic E-state index is 0.0655.